The highest BCUT2D eigenvalue weighted by molar-refractivity contribution is 5.87. The van der Waals surface area contributed by atoms with Gasteiger partial charge < -0.3 is 10.3 Å². The number of carbonyl (C=O) groups excluding carboxylic acids is 1. The number of piperazine rings is 1. The molecule has 2 heterocycles. The Hall–Kier alpha value is -3.19. The second-order valence-electron chi connectivity index (χ2n) is 8.15. The van der Waals surface area contributed by atoms with Crippen LogP contribution in [0.4, 0.5) is 8.78 Å². The molecule has 1 aliphatic carbocycles. The van der Waals surface area contributed by atoms with Crippen LogP contribution in [0.3, 0.4) is 0 Å². The van der Waals surface area contributed by atoms with E-state index >= 15 is 0 Å². The summed E-state index contributed by atoms with van der Waals surface area (Å²) in [7, 11) is 0. The first-order valence-electron chi connectivity index (χ1n) is 10.2. The number of nitrogens with one attached hydrogen (secondary N) is 3. The van der Waals surface area contributed by atoms with E-state index in [1.54, 1.807) is 6.92 Å². The molecule has 4 rings (SSSR count). The molecule has 1 aromatic carbocycles. The molecule has 31 heavy (non-hydrogen) atoms. The lowest BCUT2D eigenvalue weighted by Gasteiger charge is -2.26. The van der Waals surface area contributed by atoms with Crippen molar-refractivity contribution in [3.8, 4) is 6.07 Å². The molecule has 1 aliphatic heterocycles. The lowest BCUT2D eigenvalue weighted by molar-refractivity contribution is -0.615. The van der Waals surface area contributed by atoms with Crippen molar-refractivity contribution >= 4 is 16.8 Å². The Morgan fingerprint density at radius 1 is 1.35 bits per heavy atom. The third-order valence-electron chi connectivity index (χ3n) is 6.07. The van der Waals surface area contributed by atoms with Crippen LogP contribution in [-0.2, 0) is 11.2 Å². The van der Waals surface area contributed by atoms with Gasteiger partial charge in [0.15, 0.2) is 11.6 Å². The van der Waals surface area contributed by atoms with E-state index in [1.165, 1.54) is 6.07 Å². The van der Waals surface area contributed by atoms with Crippen molar-refractivity contribution < 1.29 is 18.3 Å². The van der Waals surface area contributed by atoms with Gasteiger partial charge >= 0.3 is 0 Å². The Balaban J connectivity index is 1.54. The third-order valence-corrected chi connectivity index (χ3v) is 6.07. The minimum Gasteiger partial charge on any atom is -0.354 e. The fraction of sp³-hybridized carbons (Fsp3) is 0.476. The number of H-pyrrole nitrogens is 1. The van der Waals surface area contributed by atoms with Gasteiger partial charge in [-0.05, 0) is 36.5 Å². The summed E-state index contributed by atoms with van der Waals surface area (Å²) in [5.74, 6) is -2.58. The first-order chi connectivity index (χ1) is 14.8. The molecule has 2 aliphatic rings. The number of nitriles is 1. The largest absolute Gasteiger partial charge is 0.354 e. The average molecular weight is 430 g/mol. The standard InChI is InChI=1S/C21H21F2N5O3/c1-10-16(25-8-12(7-24)28(10)31)9-26-17(29)6-13-18(11-2-3-11)19-15(27-21(13)30)5-4-14(22)20(19)23/h4-5,10-12,16,25H,2-3,6,8-9H2,1H3,(H-,26,27,29,30)/p+1. The van der Waals surface area contributed by atoms with E-state index in [2.05, 4.69) is 15.6 Å². The SMILES string of the molecule is CC1C(CNC(=O)Cc2c(C3CC3)c3c(F)c(F)ccc3[nH]c2=O)NCC(C#N)[N+]1=O. The Labute approximate surface area is 176 Å². The summed E-state index contributed by atoms with van der Waals surface area (Å²) < 4.78 is 29.1. The number of aromatic amines is 1. The molecule has 3 N–H and O–H groups in total. The number of benzene rings is 1. The number of halogens is 2. The Bertz CT molecular complexity index is 1170. The molecule has 2 fully saturated rings. The van der Waals surface area contributed by atoms with Gasteiger partial charge in [0.2, 0.25) is 11.9 Å². The Morgan fingerprint density at radius 3 is 2.77 bits per heavy atom. The van der Waals surface area contributed by atoms with Crippen molar-refractivity contribution in [3.63, 3.8) is 0 Å². The molecule has 10 heteroatoms. The molecule has 162 valence electrons. The minimum absolute atomic E-state index is 0.0250. The number of pyridine rings is 1. The predicted octanol–water partition coefficient (Wildman–Crippen LogP) is 1.37. The van der Waals surface area contributed by atoms with Gasteiger partial charge in [-0.2, -0.15) is 5.26 Å². The van der Waals surface area contributed by atoms with Crippen LogP contribution in [0.2, 0.25) is 0 Å². The van der Waals surface area contributed by atoms with Gasteiger partial charge in [0, 0.05) is 34.1 Å². The van der Waals surface area contributed by atoms with Gasteiger partial charge in [0.05, 0.1) is 24.5 Å². The summed E-state index contributed by atoms with van der Waals surface area (Å²) in [4.78, 5) is 39.9. The summed E-state index contributed by atoms with van der Waals surface area (Å²) in [6.45, 7) is 1.98. The zero-order valence-electron chi connectivity index (χ0n) is 16.9. The highest BCUT2D eigenvalue weighted by Gasteiger charge is 2.41. The van der Waals surface area contributed by atoms with Gasteiger partial charge in [-0.15, -0.1) is 0 Å². The predicted molar refractivity (Wildman–Crippen MR) is 107 cm³/mol. The van der Waals surface area contributed by atoms with Crippen molar-refractivity contribution in [3.05, 3.63) is 50.2 Å². The number of carbonyl (C=O) groups is 1. The van der Waals surface area contributed by atoms with Crippen LogP contribution < -0.4 is 16.2 Å². The smallest absolute Gasteiger partial charge is 0.297 e. The first-order valence-corrected chi connectivity index (χ1v) is 10.2. The van der Waals surface area contributed by atoms with Crippen molar-refractivity contribution in [1.82, 2.24) is 15.6 Å². The highest BCUT2D eigenvalue weighted by atomic mass is 19.2. The monoisotopic (exact) mass is 430 g/mol. The highest BCUT2D eigenvalue weighted by Crippen LogP contribution is 2.44. The number of fused-ring (bicyclic) bond motifs is 1. The molecule has 1 aromatic heterocycles. The molecule has 0 spiro atoms. The molecule has 8 nitrogen and oxygen atoms in total. The molecular formula is C21H22F2N5O3+. The van der Waals surface area contributed by atoms with Crippen LogP contribution in [0, 0.1) is 27.9 Å². The summed E-state index contributed by atoms with van der Waals surface area (Å²) in [5.41, 5.74) is 0.245. The molecule has 0 radical (unpaired) electrons. The molecule has 1 saturated carbocycles. The van der Waals surface area contributed by atoms with Crippen LogP contribution in [-0.4, -0.2) is 46.9 Å². The maximum Gasteiger partial charge on any atom is 0.297 e. The van der Waals surface area contributed by atoms with E-state index in [0.717, 1.165) is 18.9 Å². The van der Waals surface area contributed by atoms with Crippen LogP contribution in [0.15, 0.2) is 16.9 Å². The number of hydrogen-bond acceptors (Lipinski definition) is 5. The van der Waals surface area contributed by atoms with E-state index in [1.807, 2.05) is 6.07 Å². The molecule has 2 aromatic rings. The fourth-order valence-electron chi connectivity index (χ4n) is 4.16. The zero-order valence-corrected chi connectivity index (χ0v) is 16.9. The van der Waals surface area contributed by atoms with Crippen LogP contribution in [0.5, 0.6) is 0 Å². The molecule has 0 bridgehead atoms. The average Bonchev–Trinajstić information content (AvgIpc) is 3.58. The Morgan fingerprint density at radius 2 is 2.10 bits per heavy atom. The lowest BCUT2D eigenvalue weighted by atomic mass is 9.96. The maximum atomic E-state index is 14.6. The molecular weight excluding hydrogens is 408 g/mol. The van der Waals surface area contributed by atoms with Crippen LogP contribution in [0.25, 0.3) is 10.9 Å². The molecule has 1 amide bonds. The van der Waals surface area contributed by atoms with Gasteiger partial charge in [0.1, 0.15) is 6.07 Å². The van der Waals surface area contributed by atoms with E-state index in [4.69, 9.17) is 5.26 Å². The van der Waals surface area contributed by atoms with Gasteiger partial charge in [0.25, 0.3) is 11.6 Å². The molecule has 3 unspecified atom stereocenters. The second kappa shape index (κ2) is 8.15. The van der Waals surface area contributed by atoms with E-state index in [-0.39, 0.29) is 47.9 Å². The van der Waals surface area contributed by atoms with Crippen molar-refractivity contribution in [2.75, 3.05) is 13.1 Å². The third kappa shape index (κ3) is 3.93. The zero-order chi connectivity index (χ0) is 22.3. The summed E-state index contributed by atoms with van der Waals surface area (Å²) in [6.07, 6.45) is 1.20. The fourth-order valence-corrected chi connectivity index (χ4v) is 4.16. The van der Waals surface area contributed by atoms with Crippen molar-refractivity contribution in [2.45, 2.75) is 50.2 Å². The van der Waals surface area contributed by atoms with Gasteiger partial charge in [-0.1, -0.05) is 0 Å². The summed E-state index contributed by atoms with van der Waals surface area (Å²) in [6, 6.07) is 2.53. The van der Waals surface area contributed by atoms with E-state index < -0.39 is 35.2 Å². The quantitative estimate of drug-likeness (QED) is 0.620. The summed E-state index contributed by atoms with van der Waals surface area (Å²) in [5, 5.41) is 14.8. The molecule has 1 saturated heterocycles. The second-order valence-corrected chi connectivity index (χ2v) is 8.15. The number of nitrogens with zero attached hydrogens (tertiary/aromatic N) is 2. The lowest BCUT2D eigenvalue weighted by Crippen LogP contribution is -2.60. The number of hydrogen-bond donors (Lipinski definition) is 3. The first kappa shape index (κ1) is 21.1. The van der Waals surface area contributed by atoms with Gasteiger partial charge in [-0.25, -0.2) is 8.78 Å². The number of aromatic nitrogens is 1. The van der Waals surface area contributed by atoms with Crippen molar-refractivity contribution in [2.24, 2.45) is 0 Å². The summed E-state index contributed by atoms with van der Waals surface area (Å²) >= 11 is 0. The molecule has 3 atom stereocenters. The van der Waals surface area contributed by atoms with E-state index in [0.29, 0.717) is 10.3 Å². The van der Waals surface area contributed by atoms with Crippen LogP contribution in [0.1, 0.15) is 36.8 Å². The van der Waals surface area contributed by atoms with Gasteiger partial charge in [-0.3, -0.25) is 14.9 Å². The minimum atomic E-state index is -1.03. The number of nitroso groups, excluding NO2 is 1. The Kier molecular flexibility index (Phi) is 5.54. The van der Waals surface area contributed by atoms with Crippen molar-refractivity contribution in [1.29, 1.82) is 5.26 Å². The van der Waals surface area contributed by atoms with E-state index in [9.17, 15) is 23.3 Å². The maximum absolute atomic E-state index is 14.6. The number of amides is 1. The topological polar surface area (TPSA) is 118 Å². The normalized spacial score (nSPS) is 23.5. The van der Waals surface area contributed by atoms with Crippen LogP contribution >= 0.6 is 0 Å². The number of rotatable bonds is 5.